The van der Waals surface area contributed by atoms with Gasteiger partial charge in [0.15, 0.2) is 0 Å². The third kappa shape index (κ3) is 4.45. The Hall–Kier alpha value is -0.680. The Morgan fingerprint density at radius 3 is 2.62 bits per heavy atom. The molecule has 0 atom stereocenters. The van der Waals surface area contributed by atoms with E-state index in [4.69, 9.17) is 0 Å². The van der Waals surface area contributed by atoms with Gasteiger partial charge in [-0.15, -0.1) is 0 Å². The van der Waals surface area contributed by atoms with Gasteiger partial charge in [-0.1, -0.05) is 20.8 Å². The minimum absolute atomic E-state index is 0.950. The zero-order valence-corrected chi connectivity index (χ0v) is 11.3. The molecule has 0 saturated carbocycles. The van der Waals surface area contributed by atoms with Crippen molar-refractivity contribution in [2.24, 2.45) is 0 Å². The maximum absolute atomic E-state index is 4.46. The standard InChI is InChI=1S/C11H22N4S/c1-4-8-12-11-13-10(14-16-11)7-9-15(5-2)6-3/h4-9H2,1-3H3,(H,12,13,14). The second kappa shape index (κ2) is 7.57. The van der Waals surface area contributed by atoms with E-state index in [0.717, 1.165) is 50.0 Å². The van der Waals surface area contributed by atoms with Crippen LogP contribution in [0.4, 0.5) is 5.13 Å². The predicted molar refractivity (Wildman–Crippen MR) is 70.2 cm³/mol. The molecule has 1 N–H and O–H groups in total. The summed E-state index contributed by atoms with van der Waals surface area (Å²) >= 11 is 1.47. The van der Waals surface area contributed by atoms with Gasteiger partial charge >= 0.3 is 0 Å². The van der Waals surface area contributed by atoms with Gasteiger partial charge in [-0.25, -0.2) is 4.98 Å². The lowest BCUT2D eigenvalue weighted by Gasteiger charge is -2.16. The first kappa shape index (κ1) is 13.4. The summed E-state index contributed by atoms with van der Waals surface area (Å²) in [7, 11) is 0. The molecule has 92 valence electrons. The Balaban J connectivity index is 2.33. The van der Waals surface area contributed by atoms with Gasteiger partial charge in [0.2, 0.25) is 5.13 Å². The van der Waals surface area contributed by atoms with Crippen molar-refractivity contribution in [3.05, 3.63) is 5.82 Å². The van der Waals surface area contributed by atoms with Crippen molar-refractivity contribution in [3.8, 4) is 0 Å². The van der Waals surface area contributed by atoms with Gasteiger partial charge in [0.25, 0.3) is 0 Å². The maximum Gasteiger partial charge on any atom is 0.202 e. The molecule has 0 fully saturated rings. The van der Waals surface area contributed by atoms with E-state index in [-0.39, 0.29) is 0 Å². The number of nitrogens with zero attached hydrogens (tertiary/aromatic N) is 3. The molecule has 0 aliphatic heterocycles. The van der Waals surface area contributed by atoms with E-state index >= 15 is 0 Å². The summed E-state index contributed by atoms with van der Waals surface area (Å²) in [5.41, 5.74) is 0. The topological polar surface area (TPSA) is 41.1 Å². The SMILES string of the molecule is CCCNc1nc(CCN(CC)CC)ns1. The number of nitrogens with one attached hydrogen (secondary N) is 1. The van der Waals surface area contributed by atoms with Crippen molar-refractivity contribution < 1.29 is 0 Å². The van der Waals surface area contributed by atoms with E-state index in [0.29, 0.717) is 0 Å². The average Bonchev–Trinajstić information content (AvgIpc) is 2.76. The highest BCUT2D eigenvalue weighted by molar-refractivity contribution is 7.09. The summed E-state index contributed by atoms with van der Waals surface area (Å²) in [6, 6.07) is 0. The normalized spacial score (nSPS) is 11.0. The van der Waals surface area contributed by atoms with Gasteiger partial charge in [0.1, 0.15) is 5.82 Å². The summed E-state index contributed by atoms with van der Waals surface area (Å²) in [6.45, 7) is 10.7. The molecule has 0 saturated heterocycles. The molecule has 0 aliphatic rings. The van der Waals surface area contributed by atoms with E-state index in [1.165, 1.54) is 11.5 Å². The first-order valence-electron chi connectivity index (χ1n) is 6.08. The molecular weight excluding hydrogens is 220 g/mol. The molecule has 0 radical (unpaired) electrons. The molecule has 1 heterocycles. The summed E-state index contributed by atoms with van der Waals surface area (Å²) in [4.78, 5) is 6.85. The number of anilines is 1. The molecule has 1 aromatic rings. The fraction of sp³-hybridized carbons (Fsp3) is 0.818. The van der Waals surface area contributed by atoms with Crippen LogP contribution in [0.1, 0.15) is 33.0 Å². The van der Waals surface area contributed by atoms with Crippen LogP contribution in [-0.4, -0.2) is 40.4 Å². The van der Waals surface area contributed by atoms with Gasteiger partial charge in [-0.05, 0) is 19.5 Å². The van der Waals surface area contributed by atoms with Crippen molar-refractivity contribution in [3.63, 3.8) is 0 Å². The Morgan fingerprint density at radius 2 is 2.00 bits per heavy atom. The van der Waals surface area contributed by atoms with E-state index in [1.807, 2.05) is 0 Å². The van der Waals surface area contributed by atoms with Crippen LogP contribution in [0.15, 0.2) is 0 Å². The number of hydrogen-bond donors (Lipinski definition) is 1. The lowest BCUT2D eigenvalue weighted by molar-refractivity contribution is 0.306. The highest BCUT2D eigenvalue weighted by Crippen LogP contribution is 2.11. The largest absolute Gasteiger partial charge is 0.360 e. The maximum atomic E-state index is 4.46. The van der Waals surface area contributed by atoms with Crippen molar-refractivity contribution >= 4 is 16.7 Å². The zero-order chi connectivity index (χ0) is 11.8. The molecule has 5 heteroatoms. The van der Waals surface area contributed by atoms with Crippen LogP contribution in [0.5, 0.6) is 0 Å². The van der Waals surface area contributed by atoms with Crippen LogP contribution in [0.2, 0.25) is 0 Å². The molecule has 0 unspecified atom stereocenters. The Kier molecular flexibility index (Phi) is 6.33. The fourth-order valence-corrected chi connectivity index (χ4v) is 2.09. The number of hydrogen-bond acceptors (Lipinski definition) is 5. The van der Waals surface area contributed by atoms with Gasteiger partial charge in [-0.2, -0.15) is 4.37 Å². The first-order valence-corrected chi connectivity index (χ1v) is 6.86. The average molecular weight is 242 g/mol. The van der Waals surface area contributed by atoms with Crippen LogP contribution >= 0.6 is 11.5 Å². The number of rotatable bonds is 8. The summed E-state index contributed by atoms with van der Waals surface area (Å²) in [5.74, 6) is 0.968. The van der Waals surface area contributed by atoms with Gasteiger partial charge in [0, 0.05) is 31.0 Å². The van der Waals surface area contributed by atoms with Crippen molar-refractivity contribution in [2.75, 3.05) is 31.5 Å². The molecule has 0 spiro atoms. The van der Waals surface area contributed by atoms with Crippen LogP contribution in [-0.2, 0) is 6.42 Å². The molecule has 1 aromatic heterocycles. The molecule has 0 bridgehead atoms. The molecule has 1 rings (SSSR count). The third-order valence-corrected chi connectivity index (χ3v) is 3.25. The second-order valence-electron chi connectivity index (χ2n) is 3.72. The van der Waals surface area contributed by atoms with E-state index < -0.39 is 0 Å². The van der Waals surface area contributed by atoms with Crippen molar-refractivity contribution in [1.82, 2.24) is 14.3 Å². The second-order valence-corrected chi connectivity index (χ2v) is 4.47. The quantitative estimate of drug-likeness (QED) is 0.759. The Morgan fingerprint density at radius 1 is 1.25 bits per heavy atom. The van der Waals surface area contributed by atoms with Crippen molar-refractivity contribution in [1.29, 1.82) is 0 Å². The van der Waals surface area contributed by atoms with Crippen molar-refractivity contribution in [2.45, 2.75) is 33.6 Å². The van der Waals surface area contributed by atoms with Gasteiger partial charge in [-0.3, -0.25) is 0 Å². The first-order chi connectivity index (χ1) is 7.80. The van der Waals surface area contributed by atoms with Gasteiger partial charge < -0.3 is 10.2 Å². The summed E-state index contributed by atoms with van der Waals surface area (Å²) in [6.07, 6.45) is 2.07. The van der Waals surface area contributed by atoms with E-state index in [1.54, 1.807) is 0 Å². The zero-order valence-electron chi connectivity index (χ0n) is 10.5. The Bertz CT molecular complexity index is 283. The van der Waals surface area contributed by atoms with E-state index in [2.05, 4.69) is 40.3 Å². The van der Waals surface area contributed by atoms with Crippen LogP contribution in [0.3, 0.4) is 0 Å². The smallest absolute Gasteiger partial charge is 0.202 e. The monoisotopic (exact) mass is 242 g/mol. The molecule has 4 nitrogen and oxygen atoms in total. The fourth-order valence-electron chi connectivity index (χ4n) is 1.46. The molecular formula is C11H22N4S. The Labute approximate surface area is 102 Å². The van der Waals surface area contributed by atoms with Gasteiger partial charge in [0.05, 0.1) is 0 Å². The molecule has 0 aromatic carbocycles. The van der Waals surface area contributed by atoms with Crippen LogP contribution in [0.25, 0.3) is 0 Å². The highest BCUT2D eigenvalue weighted by Gasteiger charge is 2.05. The summed E-state index contributed by atoms with van der Waals surface area (Å²) < 4.78 is 4.35. The minimum Gasteiger partial charge on any atom is -0.360 e. The lowest BCUT2D eigenvalue weighted by atomic mass is 10.3. The molecule has 0 amide bonds. The number of aromatic nitrogens is 2. The molecule has 16 heavy (non-hydrogen) atoms. The van der Waals surface area contributed by atoms with Crippen LogP contribution in [0, 0.1) is 0 Å². The van der Waals surface area contributed by atoms with E-state index in [9.17, 15) is 0 Å². The predicted octanol–water partition coefficient (Wildman–Crippen LogP) is 2.24. The number of likely N-dealkylation sites (N-methyl/N-ethyl adjacent to an activating group) is 1. The molecule has 0 aliphatic carbocycles. The van der Waals surface area contributed by atoms with Crippen LogP contribution < -0.4 is 5.32 Å². The lowest BCUT2D eigenvalue weighted by Crippen LogP contribution is -2.25. The third-order valence-electron chi connectivity index (χ3n) is 2.54. The summed E-state index contributed by atoms with van der Waals surface area (Å²) in [5, 5.41) is 4.22. The highest BCUT2D eigenvalue weighted by atomic mass is 32.1. The minimum atomic E-state index is 0.950.